The van der Waals surface area contributed by atoms with E-state index in [0.717, 1.165) is 41.5 Å². The molecule has 1 aliphatic carbocycles. The predicted molar refractivity (Wildman–Crippen MR) is 122 cm³/mol. The van der Waals surface area contributed by atoms with Crippen molar-refractivity contribution >= 4 is 44.4 Å². The van der Waals surface area contributed by atoms with Gasteiger partial charge < -0.3 is 10.2 Å². The lowest BCUT2D eigenvalue weighted by molar-refractivity contribution is 0.0686. The molecule has 1 unspecified atom stereocenters. The molecule has 0 radical (unpaired) electrons. The molecule has 8 nitrogen and oxygen atoms in total. The van der Waals surface area contributed by atoms with E-state index in [1.54, 1.807) is 18.3 Å². The molecule has 9 heteroatoms. The molecule has 1 aliphatic heterocycles. The maximum Gasteiger partial charge on any atom is 0.261 e. The number of hydrogen-bond donors (Lipinski definition) is 2. The van der Waals surface area contributed by atoms with Crippen LogP contribution in [-0.4, -0.2) is 56.2 Å². The number of carbonyl (C=O) groups excluding carboxylic acids is 2. The SMILES string of the molecule is O=C(NCC1CC2(CCC2)CN1C(=O)c1ccc2n[nH]nc2c1)c1cc2cccnc2s1. The molecule has 1 saturated heterocycles. The molecule has 4 heterocycles. The molecule has 1 spiro atoms. The smallest absolute Gasteiger partial charge is 0.261 e. The van der Waals surface area contributed by atoms with Gasteiger partial charge in [-0.05, 0) is 55.0 Å². The number of amides is 2. The molecule has 32 heavy (non-hydrogen) atoms. The molecule has 1 aromatic carbocycles. The molecule has 1 saturated carbocycles. The number of nitrogens with zero attached hydrogens (tertiary/aromatic N) is 4. The van der Waals surface area contributed by atoms with Crippen LogP contribution in [0.4, 0.5) is 0 Å². The minimum atomic E-state index is -0.112. The summed E-state index contributed by atoms with van der Waals surface area (Å²) in [6.45, 7) is 1.19. The highest BCUT2D eigenvalue weighted by atomic mass is 32.1. The third-order valence-corrected chi connectivity index (χ3v) is 7.93. The lowest BCUT2D eigenvalue weighted by Crippen LogP contribution is -2.43. The molecule has 0 bridgehead atoms. The van der Waals surface area contributed by atoms with E-state index < -0.39 is 0 Å². The van der Waals surface area contributed by atoms with Crippen LogP contribution in [0.2, 0.25) is 0 Å². The quantitative estimate of drug-likeness (QED) is 0.500. The third kappa shape index (κ3) is 3.24. The Morgan fingerprint density at radius 3 is 2.88 bits per heavy atom. The van der Waals surface area contributed by atoms with Crippen molar-refractivity contribution in [2.75, 3.05) is 13.1 Å². The Hall–Kier alpha value is -3.33. The monoisotopic (exact) mass is 446 g/mol. The highest BCUT2D eigenvalue weighted by molar-refractivity contribution is 7.20. The van der Waals surface area contributed by atoms with Crippen LogP contribution in [0.15, 0.2) is 42.6 Å². The summed E-state index contributed by atoms with van der Waals surface area (Å²) in [4.78, 5) is 34.0. The van der Waals surface area contributed by atoms with E-state index in [9.17, 15) is 9.59 Å². The molecule has 4 aromatic rings. The number of aromatic nitrogens is 4. The second-order valence-corrected chi connectivity index (χ2v) is 9.92. The summed E-state index contributed by atoms with van der Waals surface area (Å²) < 4.78 is 0. The van der Waals surface area contributed by atoms with Crippen molar-refractivity contribution in [3.8, 4) is 0 Å². The summed E-state index contributed by atoms with van der Waals surface area (Å²) in [5, 5.41) is 14.8. The van der Waals surface area contributed by atoms with Crippen LogP contribution in [0.25, 0.3) is 21.3 Å². The van der Waals surface area contributed by atoms with Crippen LogP contribution < -0.4 is 5.32 Å². The van der Waals surface area contributed by atoms with Gasteiger partial charge in [-0.15, -0.1) is 11.3 Å². The summed E-state index contributed by atoms with van der Waals surface area (Å²) >= 11 is 1.39. The first-order valence-corrected chi connectivity index (χ1v) is 11.7. The highest BCUT2D eigenvalue weighted by Crippen LogP contribution is 2.50. The van der Waals surface area contributed by atoms with E-state index in [0.29, 0.717) is 22.5 Å². The maximum atomic E-state index is 13.4. The number of aromatic amines is 1. The Morgan fingerprint density at radius 2 is 2.06 bits per heavy atom. The van der Waals surface area contributed by atoms with Crippen molar-refractivity contribution in [3.63, 3.8) is 0 Å². The Labute approximate surface area is 188 Å². The highest BCUT2D eigenvalue weighted by Gasteiger charge is 2.49. The van der Waals surface area contributed by atoms with Crippen molar-refractivity contribution < 1.29 is 9.59 Å². The number of nitrogens with one attached hydrogen (secondary N) is 2. The molecule has 2 fully saturated rings. The fourth-order valence-electron chi connectivity index (χ4n) is 5.05. The molecule has 3 aromatic heterocycles. The normalized spacial score (nSPS) is 19.5. The Kier molecular flexibility index (Phi) is 4.46. The number of benzene rings is 1. The van der Waals surface area contributed by atoms with Gasteiger partial charge in [0.05, 0.1) is 4.88 Å². The maximum absolute atomic E-state index is 13.4. The number of thiophene rings is 1. The molecule has 2 amide bonds. The molecular weight excluding hydrogens is 424 g/mol. The summed E-state index contributed by atoms with van der Waals surface area (Å²) in [7, 11) is 0. The zero-order chi connectivity index (χ0) is 21.7. The Morgan fingerprint density at radius 1 is 1.19 bits per heavy atom. The number of likely N-dealkylation sites (tertiary alicyclic amines) is 1. The van der Waals surface area contributed by atoms with Gasteiger partial charge >= 0.3 is 0 Å². The van der Waals surface area contributed by atoms with Gasteiger partial charge in [-0.3, -0.25) is 9.59 Å². The van der Waals surface area contributed by atoms with Crippen LogP contribution in [0, 0.1) is 5.41 Å². The molecular formula is C23H22N6O2S. The largest absolute Gasteiger partial charge is 0.349 e. The van der Waals surface area contributed by atoms with Gasteiger partial charge in [0.25, 0.3) is 11.8 Å². The van der Waals surface area contributed by atoms with Crippen LogP contribution in [0.5, 0.6) is 0 Å². The minimum Gasteiger partial charge on any atom is -0.349 e. The molecule has 162 valence electrons. The lowest BCUT2D eigenvalue weighted by atomic mass is 9.67. The first-order valence-electron chi connectivity index (χ1n) is 10.8. The van der Waals surface area contributed by atoms with Gasteiger partial charge in [-0.2, -0.15) is 15.4 Å². The van der Waals surface area contributed by atoms with Crippen LogP contribution >= 0.6 is 11.3 Å². The summed E-state index contributed by atoms with van der Waals surface area (Å²) in [6.07, 6.45) is 6.16. The zero-order valence-electron chi connectivity index (χ0n) is 17.4. The predicted octanol–water partition coefficient (Wildman–Crippen LogP) is 3.38. The summed E-state index contributed by atoms with van der Waals surface area (Å²) in [6, 6.07) is 11.1. The topological polar surface area (TPSA) is 104 Å². The van der Waals surface area contributed by atoms with Gasteiger partial charge in [-0.25, -0.2) is 4.98 Å². The number of rotatable bonds is 4. The standard InChI is InChI=1S/C23H22N6O2S/c30-20(19-10-14-3-1-8-24-21(14)32-19)25-12-16-11-23(6-2-7-23)13-29(16)22(31)15-4-5-17-18(9-15)27-28-26-17/h1,3-5,8-10,16H,2,6-7,11-13H2,(H,25,30)(H,26,27,28). The van der Waals surface area contributed by atoms with E-state index >= 15 is 0 Å². The molecule has 2 N–H and O–H groups in total. The van der Waals surface area contributed by atoms with Crippen LogP contribution in [0.3, 0.4) is 0 Å². The van der Waals surface area contributed by atoms with Crippen molar-refractivity contribution in [3.05, 3.63) is 53.0 Å². The average Bonchev–Trinajstić information content (AvgIpc) is 3.52. The minimum absolute atomic E-state index is 0.0102. The number of hydrogen-bond acceptors (Lipinski definition) is 6. The van der Waals surface area contributed by atoms with Gasteiger partial charge in [0.2, 0.25) is 0 Å². The Bertz CT molecular complexity index is 1310. The van der Waals surface area contributed by atoms with Crippen molar-refractivity contribution in [1.82, 2.24) is 30.6 Å². The summed E-state index contributed by atoms with van der Waals surface area (Å²) in [5.41, 5.74) is 2.22. The number of carbonyl (C=O) groups is 2. The van der Waals surface area contributed by atoms with Crippen molar-refractivity contribution in [1.29, 1.82) is 0 Å². The van der Waals surface area contributed by atoms with E-state index in [1.807, 2.05) is 29.2 Å². The fourth-order valence-corrected chi connectivity index (χ4v) is 5.96. The van der Waals surface area contributed by atoms with Crippen molar-refractivity contribution in [2.24, 2.45) is 5.41 Å². The number of H-pyrrole nitrogens is 1. The number of pyridine rings is 1. The first-order chi connectivity index (χ1) is 15.6. The van der Waals surface area contributed by atoms with Gasteiger partial charge in [0.15, 0.2) is 0 Å². The lowest BCUT2D eigenvalue weighted by Gasteiger charge is -2.37. The summed E-state index contributed by atoms with van der Waals surface area (Å²) in [5.74, 6) is -0.122. The number of fused-ring (bicyclic) bond motifs is 2. The third-order valence-electron chi connectivity index (χ3n) is 6.87. The van der Waals surface area contributed by atoms with Gasteiger partial charge in [0.1, 0.15) is 15.9 Å². The fraction of sp³-hybridized carbons (Fsp3) is 0.348. The van der Waals surface area contributed by atoms with E-state index in [-0.39, 0.29) is 23.3 Å². The van der Waals surface area contributed by atoms with E-state index in [1.165, 1.54) is 17.8 Å². The van der Waals surface area contributed by atoms with Crippen LogP contribution in [-0.2, 0) is 0 Å². The van der Waals surface area contributed by atoms with Gasteiger partial charge in [-0.1, -0.05) is 12.5 Å². The van der Waals surface area contributed by atoms with Crippen molar-refractivity contribution in [2.45, 2.75) is 31.7 Å². The van der Waals surface area contributed by atoms with Gasteiger partial charge in [0, 0.05) is 36.3 Å². The van der Waals surface area contributed by atoms with E-state index in [4.69, 9.17) is 0 Å². The second kappa shape index (κ2) is 7.37. The second-order valence-electron chi connectivity index (χ2n) is 8.89. The molecule has 2 aliphatic rings. The Balaban J connectivity index is 1.21. The van der Waals surface area contributed by atoms with E-state index in [2.05, 4.69) is 25.7 Å². The molecule has 1 atom stereocenters. The average molecular weight is 447 g/mol. The van der Waals surface area contributed by atoms with Crippen LogP contribution in [0.1, 0.15) is 45.7 Å². The first kappa shape index (κ1) is 19.4. The molecule has 6 rings (SSSR count). The zero-order valence-corrected chi connectivity index (χ0v) is 18.2.